The highest BCUT2D eigenvalue weighted by Crippen LogP contribution is 2.49. The second-order valence-electron chi connectivity index (χ2n) is 5.35. The van der Waals surface area contributed by atoms with Gasteiger partial charge in [0, 0.05) is 11.1 Å². The van der Waals surface area contributed by atoms with Crippen molar-refractivity contribution in [3.8, 4) is 0 Å². The first-order valence-electron chi connectivity index (χ1n) is 6.95. The molecule has 0 spiro atoms. The van der Waals surface area contributed by atoms with Crippen molar-refractivity contribution in [2.24, 2.45) is 0 Å². The SMILES string of the molecule is [O-][S+](Cc1ccc(C(O)(C(F)(F)F)C(F)(F)F)cc1)c1ccc(F)cc1. The van der Waals surface area contributed by atoms with Crippen molar-refractivity contribution >= 4 is 11.2 Å². The summed E-state index contributed by atoms with van der Waals surface area (Å²) in [6.45, 7) is 0. The molecule has 0 bridgehead atoms. The van der Waals surface area contributed by atoms with E-state index in [1.807, 2.05) is 0 Å². The van der Waals surface area contributed by atoms with Gasteiger partial charge in [-0.05, 0) is 35.4 Å². The minimum absolute atomic E-state index is 0.183. The largest absolute Gasteiger partial charge is 0.611 e. The van der Waals surface area contributed by atoms with Gasteiger partial charge in [0.25, 0.3) is 5.60 Å². The van der Waals surface area contributed by atoms with Crippen molar-refractivity contribution < 1.29 is 40.4 Å². The second kappa shape index (κ2) is 7.09. The van der Waals surface area contributed by atoms with E-state index in [-0.39, 0.29) is 16.2 Å². The Bertz CT molecular complexity index is 725. The van der Waals surface area contributed by atoms with Crippen molar-refractivity contribution in [3.05, 3.63) is 65.5 Å². The maximum Gasteiger partial charge on any atom is 0.430 e. The molecular weight excluding hydrogens is 389 g/mol. The van der Waals surface area contributed by atoms with Gasteiger partial charge < -0.3 is 9.66 Å². The molecule has 1 atom stereocenters. The summed E-state index contributed by atoms with van der Waals surface area (Å²) < 4.78 is 102. The van der Waals surface area contributed by atoms with E-state index in [2.05, 4.69) is 0 Å². The standard InChI is InChI=1S/C16H11F7O2S/c17-12-5-7-13(8-6-12)26(25)9-10-1-3-11(4-2-10)14(24,15(18,19)20)16(21,22)23/h1-8,24H,9H2. The van der Waals surface area contributed by atoms with E-state index in [1.54, 1.807) is 0 Å². The molecule has 2 aromatic carbocycles. The number of alkyl halides is 6. The molecule has 0 fully saturated rings. The highest BCUT2D eigenvalue weighted by atomic mass is 32.2. The number of benzene rings is 2. The topological polar surface area (TPSA) is 43.3 Å². The first-order chi connectivity index (χ1) is 11.9. The number of halogens is 7. The van der Waals surface area contributed by atoms with E-state index in [0.717, 1.165) is 24.3 Å². The molecule has 0 heterocycles. The fraction of sp³-hybridized carbons (Fsp3) is 0.250. The lowest BCUT2D eigenvalue weighted by atomic mass is 9.92. The van der Waals surface area contributed by atoms with Crippen molar-refractivity contribution in [2.75, 3.05) is 0 Å². The van der Waals surface area contributed by atoms with Gasteiger partial charge in [-0.15, -0.1) is 0 Å². The molecule has 1 unspecified atom stereocenters. The third kappa shape index (κ3) is 3.97. The first-order valence-corrected chi connectivity index (χ1v) is 8.27. The van der Waals surface area contributed by atoms with Crippen LogP contribution < -0.4 is 0 Å². The van der Waals surface area contributed by atoms with Crippen LogP contribution in [0.5, 0.6) is 0 Å². The smallest absolute Gasteiger partial charge is 0.430 e. The van der Waals surface area contributed by atoms with Crippen LogP contribution in [0, 0.1) is 5.82 Å². The molecule has 0 amide bonds. The van der Waals surface area contributed by atoms with Gasteiger partial charge in [0.15, 0.2) is 4.90 Å². The van der Waals surface area contributed by atoms with Crippen LogP contribution in [0.15, 0.2) is 53.4 Å². The van der Waals surface area contributed by atoms with E-state index in [4.69, 9.17) is 0 Å². The maximum absolute atomic E-state index is 12.8. The predicted octanol–water partition coefficient (Wildman–Crippen LogP) is 4.45. The van der Waals surface area contributed by atoms with Crippen molar-refractivity contribution in [2.45, 2.75) is 28.6 Å². The monoisotopic (exact) mass is 400 g/mol. The van der Waals surface area contributed by atoms with Gasteiger partial charge in [0.1, 0.15) is 11.6 Å². The summed E-state index contributed by atoms with van der Waals surface area (Å²) in [7, 11) is 0. The maximum atomic E-state index is 12.8. The van der Waals surface area contributed by atoms with Crippen LogP contribution in [0.25, 0.3) is 0 Å². The molecule has 0 saturated heterocycles. The van der Waals surface area contributed by atoms with Crippen LogP contribution in [0.1, 0.15) is 11.1 Å². The molecule has 0 radical (unpaired) electrons. The van der Waals surface area contributed by atoms with E-state index in [0.29, 0.717) is 12.1 Å². The molecule has 0 aliphatic rings. The molecule has 0 saturated carbocycles. The van der Waals surface area contributed by atoms with Crippen LogP contribution in [0.2, 0.25) is 0 Å². The van der Waals surface area contributed by atoms with Crippen molar-refractivity contribution in [1.29, 1.82) is 0 Å². The third-order valence-corrected chi connectivity index (χ3v) is 4.96. The minimum Gasteiger partial charge on any atom is -0.611 e. The van der Waals surface area contributed by atoms with Crippen LogP contribution in [-0.2, 0) is 22.5 Å². The normalized spacial score (nSPS) is 14.3. The average molecular weight is 400 g/mol. The summed E-state index contributed by atoms with van der Waals surface area (Å²) >= 11 is -1.68. The van der Waals surface area contributed by atoms with Gasteiger partial charge >= 0.3 is 12.4 Å². The summed E-state index contributed by atoms with van der Waals surface area (Å²) in [4.78, 5) is 0.248. The summed E-state index contributed by atoms with van der Waals surface area (Å²) in [5, 5.41) is 9.29. The summed E-state index contributed by atoms with van der Waals surface area (Å²) in [6, 6.07) is 7.46. The molecule has 26 heavy (non-hydrogen) atoms. The summed E-state index contributed by atoms with van der Waals surface area (Å²) in [6.07, 6.45) is -11.9. The molecule has 10 heteroatoms. The molecule has 2 nitrogen and oxygen atoms in total. The van der Waals surface area contributed by atoms with Crippen LogP contribution >= 0.6 is 0 Å². The highest BCUT2D eigenvalue weighted by molar-refractivity contribution is 7.90. The lowest BCUT2D eigenvalue weighted by Crippen LogP contribution is -2.53. The quantitative estimate of drug-likeness (QED) is 0.609. The lowest BCUT2D eigenvalue weighted by Gasteiger charge is -2.32. The molecule has 1 N–H and O–H groups in total. The minimum atomic E-state index is -5.97. The molecular formula is C16H11F7O2S. The molecule has 0 aliphatic heterocycles. The number of hydrogen-bond acceptors (Lipinski definition) is 2. The Balaban J connectivity index is 2.25. The van der Waals surface area contributed by atoms with Gasteiger partial charge in [-0.3, -0.25) is 0 Å². The van der Waals surface area contributed by atoms with Crippen molar-refractivity contribution in [3.63, 3.8) is 0 Å². The van der Waals surface area contributed by atoms with E-state index >= 15 is 0 Å². The Morgan fingerprint density at radius 3 is 1.69 bits per heavy atom. The first kappa shape index (κ1) is 20.5. The van der Waals surface area contributed by atoms with E-state index in [1.165, 1.54) is 12.1 Å². The number of rotatable bonds is 4. The fourth-order valence-corrected chi connectivity index (χ4v) is 3.25. The number of aliphatic hydroxyl groups is 1. The molecule has 2 aromatic rings. The van der Waals surface area contributed by atoms with Crippen LogP contribution in [0.4, 0.5) is 30.7 Å². The number of hydrogen-bond donors (Lipinski definition) is 1. The average Bonchev–Trinajstić information content (AvgIpc) is 2.53. The summed E-state index contributed by atoms with van der Waals surface area (Å²) in [5.41, 5.74) is -6.22. The Labute approximate surface area is 146 Å². The van der Waals surface area contributed by atoms with Crippen LogP contribution in [-0.4, -0.2) is 22.0 Å². The zero-order valence-electron chi connectivity index (χ0n) is 12.7. The third-order valence-electron chi connectivity index (χ3n) is 3.57. The second-order valence-corrected chi connectivity index (χ2v) is 6.80. The van der Waals surface area contributed by atoms with Crippen molar-refractivity contribution in [1.82, 2.24) is 0 Å². The van der Waals surface area contributed by atoms with Gasteiger partial charge in [-0.1, -0.05) is 24.3 Å². The van der Waals surface area contributed by atoms with E-state index < -0.39 is 40.5 Å². The predicted molar refractivity (Wildman–Crippen MR) is 79.0 cm³/mol. The van der Waals surface area contributed by atoms with Gasteiger partial charge in [-0.2, -0.15) is 26.3 Å². The van der Waals surface area contributed by atoms with Gasteiger partial charge in [0.2, 0.25) is 0 Å². The van der Waals surface area contributed by atoms with Gasteiger partial charge in [-0.25, -0.2) is 4.39 Å². The zero-order chi connectivity index (χ0) is 19.8. The zero-order valence-corrected chi connectivity index (χ0v) is 13.6. The molecule has 0 aromatic heterocycles. The van der Waals surface area contributed by atoms with Crippen LogP contribution in [0.3, 0.4) is 0 Å². The van der Waals surface area contributed by atoms with E-state index in [9.17, 15) is 40.4 Å². The molecule has 0 aliphatic carbocycles. The Morgan fingerprint density at radius 1 is 0.808 bits per heavy atom. The Hall–Kier alpha value is -1.78. The highest BCUT2D eigenvalue weighted by Gasteiger charge is 2.71. The molecule has 2 rings (SSSR count). The van der Waals surface area contributed by atoms with Gasteiger partial charge in [0.05, 0.1) is 0 Å². The Morgan fingerprint density at radius 2 is 1.27 bits per heavy atom. The Kier molecular flexibility index (Phi) is 5.60. The summed E-state index contributed by atoms with van der Waals surface area (Å²) in [5.74, 6) is -0.753. The lowest BCUT2D eigenvalue weighted by molar-refractivity contribution is -0.376. The molecule has 142 valence electrons. The fourth-order valence-electron chi connectivity index (χ4n) is 2.15.